The molecule has 0 atom stereocenters. The van der Waals surface area contributed by atoms with Crippen LogP contribution >= 0.6 is 11.8 Å². The van der Waals surface area contributed by atoms with E-state index in [4.69, 9.17) is 4.42 Å². The maximum atomic E-state index is 12.4. The van der Waals surface area contributed by atoms with E-state index in [9.17, 15) is 4.79 Å². The predicted molar refractivity (Wildman–Crippen MR) is 128 cm³/mol. The molecular formula is C26H25N3O2S. The molecular weight excluding hydrogens is 418 g/mol. The van der Waals surface area contributed by atoms with Crippen molar-refractivity contribution in [2.45, 2.75) is 24.5 Å². The minimum absolute atomic E-state index is 0.0510. The standard InChI is InChI=1S/C26H25N3O2S/c1-19-12-14-22(15-13-19)25-28-29-26(31-25)32-18-24(30)27-17-16-23(20-8-4-2-5-9-20)21-10-6-3-7-11-21/h2-15,23H,16-18H2,1H3,(H,27,30). The van der Waals surface area contributed by atoms with Crippen LogP contribution in [0.2, 0.25) is 0 Å². The summed E-state index contributed by atoms with van der Waals surface area (Å²) in [6, 6.07) is 28.7. The monoisotopic (exact) mass is 443 g/mol. The molecule has 0 aliphatic heterocycles. The van der Waals surface area contributed by atoms with Crippen molar-refractivity contribution in [1.29, 1.82) is 0 Å². The molecule has 3 aromatic carbocycles. The number of hydrogen-bond donors (Lipinski definition) is 1. The summed E-state index contributed by atoms with van der Waals surface area (Å²) < 4.78 is 5.68. The molecule has 6 heteroatoms. The Balaban J connectivity index is 1.28. The Morgan fingerprint density at radius 3 is 2.16 bits per heavy atom. The summed E-state index contributed by atoms with van der Waals surface area (Å²) in [6.07, 6.45) is 0.822. The summed E-state index contributed by atoms with van der Waals surface area (Å²) in [7, 11) is 0. The van der Waals surface area contributed by atoms with Gasteiger partial charge in [-0.15, -0.1) is 10.2 Å². The van der Waals surface area contributed by atoms with E-state index in [1.54, 1.807) is 0 Å². The number of hydrogen-bond acceptors (Lipinski definition) is 5. The first kappa shape index (κ1) is 21.8. The van der Waals surface area contributed by atoms with Gasteiger partial charge in [0.1, 0.15) is 0 Å². The molecule has 1 N–H and O–H groups in total. The molecule has 0 spiro atoms. The number of thioether (sulfide) groups is 1. The molecule has 0 saturated heterocycles. The molecule has 4 rings (SSSR count). The molecule has 0 aliphatic carbocycles. The summed E-state index contributed by atoms with van der Waals surface area (Å²) in [5.41, 5.74) is 4.53. The molecule has 5 nitrogen and oxygen atoms in total. The first-order valence-corrected chi connectivity index (χ1v) is 11.6. The molecule has 1 amide bonds. The van der Waals surface area contributed by atoms with Gasteiger partial charge in [0.05, 0.1) is 5.75 Å². The van der Waals surface area contributed by atoms with Crippen molar-refractivity contribution in [2.75, 3.05) is 12.3 Å². The molecule has 1 heterocycles. The van der Waals surface area contributed by atoms with Gasteiger partial charge in [-0.3, -0.25) is 4.79 Å². The van der Waals surface area contributed by atoms with Gasteiger partial charge in [0.2, 0.25) is 11.8 Å². The van der Waals surface area contributed by atoms with Crippen LogP contribution in [0, 0.1) is 6.92 Å². The van der Waals surface area contributed by atoms with E-state index in [2.05, 4.69) is 64.0 Å². The fourth-order valence-corrected chi connectivity index (χ4v) is 4.10. The summed E-state index contributed by atoms with van der Waals surface area (Å²) >= 11 is 1.25. The lowest BCUT2D eigenvalue weighted by Crippen LogP contribution is -2.27. The number of rotatable bonds is 9. The zero-order valence-corrected chi connectivity index (χ0v) is 18.7. The minimum atomic E-state index is -0.0510. The third-order valence-corrected chi connectivity index (χ3v) is 6.01. The van der Waals surface area contributed by atoms with Crippen molar-refractivity contribution < 1.29 is 9.21 Å². The molecule has 32 heavy (non-hydrogen) atoms. The second-order valence-corrected chi connectivity index (χ2v) is 8.47. The maximum absolute atomic E-state index is 12.4. The molecule has 0 aliphatic rings. The molecule has 0 bridgehead atoms. The maximum Gasteiger partial charge on any atom is 0.277 e. The van der Waals surface area contributed by atoms with E-state index in [0.29, 0.717) is 17.7 Å². The zero-order valence-electron chi connectivity index (χ0n) is 17.9. The fraction of sp³-hybridized carbons (Fsp3) is 0.192. The lowest BCUT2D eigenvalue weighted by atomic mass is 9.88. The molecule has 1 aromatic heterocycles. The lowest BCUT2D eigenvalue weighted by molar-refractivity contribution is -0.118. The van der Waals surface area contributed by atoms with Crippen LogP contribution in [-0.2, 0) is 4.79 Å². The molecule has 0 unspecified atom stereocenters. The van der Waals surface area contributed by atoms with Crippen molar-refractivity contribution >= 4 is 17.7 Å². The SMILES string of the molecule is Cc1ccc(-c2nnc(SCC(=O)NCCC(c3ccccc3)c3ccccc3)o2)cc1. The predicted octanol–water partition coefficient (Wildman–Crippen LogP) is 5.48. The number of benzene rings is 3. The Morgan fingerprint density at radius 1 is 0.906 bits per heavy atom. The van der Waals surface area contributed by atoms with Crippen molar-refractivity contribution in [3.05, 3.63) is 102 Å². The lowest BCUT2D eigenvalue weighted by Gasteiger charge is -2.18. The van der Waals surface area contributed by atoms with Crippen LogP contribution in [-0.4, -0.2) is 28.4 Å². The molecule has 0 saturated carbocycles. The van der Waals surface area contributed by atoms with Gasteiger partial charge in [-0.25, -0.2) is 0 Å². The number of carbonyl (C=O) groups excluding carboxylic acids is 1. The largest absolute Gasteiger partial charge is 0.411 e. The van der Waals surface area contributed by atoms with Crippen LogP contribution in [0.3, 0.4) is 0 Å². The van der Waals surface area contributed by atoms with E-state index < -0.39 is 0 Å². The Bertz CT molecular complexity index is 1090. The van der Waals surface area contributed by atoms with Gasteiger partial charge < -0.3 is 9.73 Å². The van der Waals surface area contributed by atoms with E-state index >= 15 is 0 Å². The minimum Gasteiger partial charge on any atom is -0.411 e. The molecule has 0 radical (unpaired) electrons. The first-order valence-electron chi connectivity index (χ1n) is 10.6. The smallest absolute Gasteiger partial charge is 0.277 e. The van der Waals surface area contributed by atoms with Crippen LogP contribution in [0.5, 0.6) is 0 Å². The fourth-order valence-electron chi connectivity index (χ4n) is 3.51. The van der Waals surface area contributed by atoms with Crippen LogP contribution < -0.4 is 5.32 Å². The third kappa shape index (κ3) is 5.86. The average Bonchev–Trinajstić information content (AvgIpc) is 3.31. The Morgan fingerprint density at radius 2 is 1.53 bits per heavy atom. The Labute approximate surface area is 192 Å². The van der Waals surface area contributed by atoms with Crippen LogP contribution in [0.1, 0.15) is 29.0 Å². The zero-order chi connectivity index (χ0) is 22.2. The quantitative estimate of drug-likeness (QED) is 0.347. The summed E-state index contributed by atoms with van der Waals surface area (Å²) in [4.78, 5) is 12.4. The van der Waals surface area contributed by atoms with E-state index in [0.717, 1.165) is 12.0 Å². The molecule has 162 valence electrons. The van der Waals surface area contributed by atoms with E-state index in [-0.39, 0.29) is 17.6 Å². The highest BCUT2D eigenvalue weighted by Gasteiger charge is 2.15. The van der Waals surface area contributed by atoms with Crippen LogP contribution in [0.15, 0.2) is 94.6 Å². The Hall–Kier alpha value is -3.38. The normalized spacial score (nSPS) is 10.9. The van der Waals surface area contributed by atoms with Crippen molar-refractivity contribution in [1.82, 2.24) is 15.5 Å². The van der Waals surface area contributed by atoms with Crippen LogP contribution in [0.4, 0.5) is 0 Å². The molecule has 4 aromatic rings. The second-order valence-electron chi connectivity index (χ2n) is 7.54. The van der Waals surface area contributed by atoms with Gasteiger partial charge >= 0.3 is 0 Å². The van der Waals surface area contributed by atoms with E-state index in [1.807, 2.05) is 43.3 Å². The van der Waals surface area contributed by atoms with Gasteiger partial charge in [-0.05, 0) is 36.6 Å². The highest BCUT2D eigenvalue weighted by atomic mass is 32.2. The number of carbonyl (C=O) groups is 1. The van der Waals surface area contributed by atoms with Crippen molar-refractivity contribution in [2.24, 2.45) is 0 Å². The number of aryl methyl sites for hydroxylation is 1. The number of amides is 1. The van der Waals surface area contributed by atoms with Gasteiger partial charge in [0, 0.05) is 18.0 Å². The second kappa shape index (κ2) is 10.8. The Kier molecular flexibility index (Phi) is 7.35. The van der Waals surface area contributed by atoms with Crippen LogP contribution in [0.25, 0.3) is 11.5 Å². The third-order valence-electron chi connectivity index (χ3n) is 5.19. The summed E-state index contributed by atoms with van der Waals surface area (Å²) in [5, 5.41) is 11.5. The van der Waals surface area contributed by atoms with Gasteiger partial charge in [-0.1, -0.05) is 90.1 Å². The number of nitrogens with one attached hydrogen (secondary N) is 1. The molecule has 0 fully saturated rings. The highest BCUT2D eigenvalue weighted by molar-refractivity contribution is 7.99. The number of aromatic nitrogens is 2. The van der Waals surface area contributed by atoms with E-state index in [1.165, 1.54) is 28.5 Å². The topological polar surface area (TPSA) is 68.0 Å². The van der Waals surface area contributed by atoms with Gasteiger partial charge in [0.25, 0.3) is 5.22 Å². The highest BCUT2D eigenvalue weighted by Crippen LogP contribution is 2.27. The van der Waals surface area contributed by atoms with Crippen molar-refractivity contribution in [3.8, 4) is 11.5 Å². The summed E-state index contributed by atoms with van der Waals surface area (Å²) in [6.45, 7) is 2.62. The average molecular weight is 444 g/mol. The van der Waals surface area contributed by atoms with Gasteiger partial charge in [0.15, 0.2) is 0 Å². The summed E-state index contributed by atoms with van der Waals surface area (Å²) in [5.74, 6) is 0.876. The van der Waals surface area contributed by atoms with Crippen molar-refractivity contribution in [3.63, 3.8) is 0 Å². The first-order chi connectivity index (χ1) is 15.7. The van der Waals surface area contributed by atoms with Gasteiger partial charge in [-0.2, -0.15) is 0 Å². The number of nitrogens with zero attached hydrogens (tertiary/aromatic N) is 2.